The number of benzene rings is 1. The molecular weight excluding hydrogens is 293 g/mol. The Morgan fingerprint density at radius 1 is 1.13 bits per heavy atom. The molecule has 1 aliphatic heterocycles. The lowest BCUT2D eigenvalue weighted by molar-refractivity contribution is 0.452. The number of nitrogens with zero attached hydrogens (tertiary/aromatic N) is 5. The molecule has 2 heterocycles. The van der Waals surface area contributed by atoms with Crippen molar-refractivity contribution in [2.24, 2.45) is 10.2 Å². The Morgan fingerprint density at radius 3 is 2.43 bits per heavy atom. The van der Waals surface area contributed by atoms with Crippen LogP contribution in [0, 0.1) is 0 Å². The predicted octanol–water partition coefficient (Wildman–Crippen LogP) is 3.02. The van der Waals surface area contributed by atoms with Gasteiger partial charge in [0.25, 0.3) is 0 Å². The number of anilines is 1. The van der Waals surface area contributed by atoms with Gasteiger partial charge in [-0.25, -0.2) is 14.4 Å². The van der Waals surface area contributed by atoms with E-state index in [0.29, 0.717) is 24.4 Å². The molecule has 1 aromatic heterocycles. The Kier molecular flexibility index (Phi) is 4.41. The summed E-state index contributed by atoms with van der Waals surface area (Å²) in [5, 5.41) is 7.89. The average molecular weight is 311 g/mol. The molecular formula is C17H18FN5. The van der Waals surface area contributed by atoms with Crippen molar-refractivity contribution in [3.63, 3.8) is 0 Å². The van der Waals surface area contributed by atoms with Crippen LogP contribution in [0.2, 0.25) is 0 Å². The van der Waals surface area contributed by atoms with Gasteiger partial charge in [0.15, 0.2) is 0 Å². The predicted molar refractivity (Wildman–Crippen MR) is 89.7 cm³/mol. The summed E-state index contributed by atoms with van der Waals surface area (Å²) in [7, 11) is 2.00. The van der Waals surface area contributed by atoms with Crippen LogP contribution < -0.4 is 4.90 Å². The summed E-state index contributed by atoms with van der Waals surface area (Å²) in [6, 6.07) is 10.1. The first kappa shape index (κ1) is 15.3. The number of aromatic nitrogens is 2. The Hall–Kier alpha value is -2.63. The Morgan fingerprint density at radius 2 is 1.83 bits per heavy atom. The molecule has 23 heavy (non-hydrogen) atoms. The minimum absolute atomic E-state index is 0.421. The van der Waals surface area contributed by atoms with Crippen molar-refractivity contribution in [3.8, 4) is 0 Å². The fourth-order valence-corrected chi connectivity index (χ4v) is 2.32. The molecule has 0 saturated heterocycles. The fourth-order valence-electron chi connectivity index (χ4n) is 2.32. The SMILES string of the molecule is CC(F)C1=NN=C(c2cnc(CN(C)c3ccccc3)nc2)C1. The van der Waals surface area contributed by atoms with Crippen LogP contribution in [0.4, 0.5) is 10.1 Å². The van der Waals surface area contributed by atoms with E-state index in [0.717, 1.165) is 17.1 Å². The molecule has 0 N–H and O–H groups in total. The highest BCUT2D eigenvalue weighted by Gasteiger charge is 2.19. The van der Waals surface area contributed by atoms with Gasteiger partial charge in [-0.1, -0.05) is 18.2 Å². The summed E-state index contributed by atoms with van der Waals surface area (Å²) >= 11 is 0. The second-order valence-corrected chi connectivity index (χ2v) is 5.51. The largest absolute Gasteiger partial charge is 0.367 e. The van der Waals surface area contributed by atoms with Crippen molar-refractivity contribution in [2.45, 2.75) is 26.1 Å². The molecule has 0 aliphatic carbocycles. The van der Waals surface area contributed by atoms with Crippen molar-refractivity contribution in [1.29, 1.82) is 0 Å². The van der Waals surface area contributed by atoms with Crippen LogP contribution in [0.1, 0.15) is 24.7 Å². The minimum Gasteiger partial charge on any atom is -0.367 e. The summed E-state index contributed by atoms with van der Waals surface area (Å²) in [6.07, 6.45) is 2.79. The maximum Gasteiger partial charge on any atom is 0.147 e. The zero-order valence-electron chi connectivity index (χ0n) is 13.1. The van der Waals surface area contributed by atoms with Crippen LogP contribution in [0.15, 0.2) is 52.9 Å². The van der Waals surface area contributed by atoms with Crippen LogP contribution >= 0.6 is 0 Å². The maximum atomic E-state index is 13.2. The van der Waals surface area contributed by atoms with Gasteiger partial charge in [-0.2, -0.15) is 10.2 Å². The van der Waals surface area contributed by atoms with Crippen LogP contribution in [0.3, 0.4) is 0 Å². The summed E-state index contributed by atoms with van der Waals surface area (Å²) in [5.74, 6) is 0.721. The Bertz CT molecular complexity index is 722. The van der Waals surface area contributed by atoms with Crippen LogP contribution in [0.25, 0.3) is 0 Å². The first-order chi connectivity index (χ1) is 11.1. The van der Waals surface area contributed by atoms with E-state index < -0.39 is 6.17 Å². The van der Waals surface area contributed by atoms with Crippen molar-refractivity contribution in [3.05, 3.63) is 54.1 Å². The average Bonchev–Trinajstić information content (AvgIpc) is 3.07. The normalized spacial score (nSPS) is 15.1. The van der Waals surface area contributed by atoms with E-state index in [1.165, 1.54) is 6.92 Å². The molecule has 1 unspecified atom stereocenters. The standard InChI is InChI=1S/C17H18FN5/c1-12(18)15-8-16(22-21-15)13-9-19-17(20-10-13)11-23(2)14-6-4-3-5-7-14/h3-7,9-10,12H,8,11H2,1-2H3. The number of hydrogen-bond acceptors (Lipinski definition) is 5. The Labute approximate surface area is 134 Å². The van der Waals surface area contributed by atoms with Gasteiger partial charge in [-0.3, -0.25) is 0 Å². The van der Waals surface area contributed by atoms with Crippen molar-refractivity contribution in [2.75, 3.05) is 11.9 Å². The molecule has 0 amide bonds. The molecule has 0 fully saturated rings. The molecule has 1 aromatic carbocycles. The molecule has 2 aromatic rings. The van der Waals surface area contributed by atoms with Crippen LogP contribution in [-0.2, 0) is 6.54 Å². The molecule has 118 valence electrons. The lowest BCUT2D eigenvalue weighted by atomic mass is 10.1. The van der Waals surface area contributed by atoms with Crippen molar-refractivity contribution in [1.82, 2.24) is 9.97 Å². The Balaban J connectivity index is 1.64. The van der Waals surface area contributed by atoms with E-state index in [1.807, 2.05) is 37.4 Å². The third-order valence-corrected chi connectivity index (χ3v) is 3.72. The quantitative estimate of drug-likeness (QED) is 0.853. The highest BCUT2D eigenvalue weighted by atomic mass is 19.1. The maximum absolute atomic E-state index is 13.2. The second kappa shape index (κ2) is 6.64. The molecule has 3 rings (SSSR count). The number of hydrogen-bond donors (Lipinski definition) is 0. The lowest BCUT2D eigenvalue weighted by Crippen LogP contribution is -2.18. The first-order valence-corrected chi connectivity index (χ1v) is 7.48. The molecule has 1 atom stereocenters. The number of halogens is 1. The van der Waals surface area contributed by atoms with Gasteiger partial charge in [0.1, 0.15) is 12.0 Å². The third-order valence-electron chi connectivity index (χ3n) is 3.72. The second-order valence-electron chi connectivity index (χ2n) is 5.51. The first-order valence-electron chi connectivity index (χ1n) is 7.48. The third kappa shape index (κ3) is 3.59. The van der Waals surface area contributed by atoms with E-state index in [-0.39, 0.29) is 0 Å². The highest BCUT2D eigenvalue weighted by molar-refractivity contribution is 6.15. The van der Waals surface area contributed by atoms with E-state index in [9.17, 15) is 4.39 Å². The van der Waals surface area contributed by atoms with E-state index in [2.05, 4.69) is 25.1 Å². The van der Waals surface area contributed by atoms with Gasteiger partial charge in [0, 0.05) is 37.1 Å². The monoisotopic (exact) mass is 311 g/mol. The van der Waals surface area contributed by atoms with Gasteiger partial charge >= 0.3 is 0 Å². The minimum atomic E-state index is -1.07. The topological polar surface area (TPSA) is 53.7 Å². The van der Waals surface area contributed by atoms with Crippen molar-refractivity contribution >= 4 is 17.1 Å². The van der Waals surface area contributed by atoms with Gasteiger partial charge < -0.3 is 4.90 Å². The summed E-state index contributed by atoms with van der Waals surface area (Å²) < 4.78 is 13.2. The zero-order chi connectivity index (χ0) is 16.2. The molecule has 0 spiro atoms. The number of para-hydroxylation sites is 1. The zero-order valence-corrected chi connectivity index (χ0v) is 13.1. The van der Waals surface area contributed by atoms with Gasteiger partial charge in [-0.15, -0.1) is 0 Å². The molecule has 6 heteroatoms. The smallest absolute Gasteiger partial charge is 0.147 e. The summed E-state index contributed by atoms with van der Waals surface area (Å²) in [4.78, 5) is 10.8. The fraction of sp³-hybridized carbons (Fsp3) is 0.294. The van der Waals surface area contributed by atoms with E-state index >= 15 is 0 Å². The summed E-state index contributed by atoms with van der Waals surface area (Å²) in [5.41, 5.74) is 3.06. The van der Waals surface area contributed by atoms with Crippen LogP contribution in [-0.4, -0.2) is 34.6 Å². The molecule has 0 bridgehead atoms. The van der Waals surface area contributed by atoms with Gasteiger partial charge in [-0.05, 0) is 19.1 Å². The van der Waals surface area contributed by atoms with E-state index in [4.69, 9.17) is 0 Å². The van der Waals surface area contributed by atoms with Gasteiger partial charge in [0.05, 0.1) is 18.0 Å². The number of alkyl halides is 1. The molecule has 1 aliphatic rings. The molecule has 0 saturated carbocycles. The molecule has 5 nitrogen and oxygen atoms in total. The van der Waals surface area contributed by atoms with Crippen molar-refractivity contribution < 1.29 is 4.39 Å². The highest BCUT2D eigenvalue weighted by Crippen LogP contribution is 2.15. The summed E-state index contributed by atoms with van der Waals surface area (Å²) in [6.45, 7) is 2.08. The van der Waals surface area contributed by atoms with Gasteiger partial charge in [0.2, 0.25) is 0 Å². The number of rotatable bonds is 5. The van der Waals surface area contributed by atoms with E-state index in [1.54, 1.807) is 12.4 Å². The molecule has 0 radical (unpaired) electrons. The van der Waals surface area contributed by atoms with Crippen LogP contribution in [0.5, 0.6) is 0 Å². The lowest BCUT2D eigenvalue weighted by Gasteiger charge is -2.18.